The topological polar surface area (TPSA) is 38.8 Å². The first-order valence-electron chi connectivity index (χ1n) is 5.61. The molecule has 0 spiro atoms. The standard InChI is InChI=1S/C13H18BrNO3/c1-9-7-11(14)12(18-6-5-15(2)3)8-10(9)13(16)17-4/h7-8H,5-6H2,1-4H3. The zero-order valence-electron chi connectivity index (χ0n) is 11.1. The van der Waals surface area contributed by atoms with Crippen molar-refractivity contribution < 1.29 is 14.3 Å². The summed E-state index contributed by atoms with van der Waals surface area (Å²) < 4.78 is 11.2. The second-order valence-corrected chi connectivity index (χ2v) is 5.10. The van der Waals surface area contributed by atoms with Crippen LogP contribution in [0.25, 0.3) is 0 Å². The first-order chi connectivity index (χ1) is 8.45. The quantitative estimate of drug-likeness (QED) is 0.783. The Labute approximate surface area is 116 Å². The molecule has 18 heavy (non-hydrogen) atoms. The number of aryl methyl sites for hydroxylation is 1. The molecule has 0 saturated heterocycles. The highest BCUT2D eigenvalue weighted by Crippen LogP contribution is 2.29. The Morgan fingerprint density at radius 2 is 2.06 bits per heavy atom. The second-order valence-electron chi connectivity index (χ2n) is 4.24. The fourth-order valence-electron chi connectivity index (χ4n) is 1.43. The molecule has 100 valence electrons. The second kappa shape index (κ2) is 6.75. The highest BCUT2D eigenvalue weighted by molar-refractivity contribution is 9.10. The number of methoxy groups -OCH3 is 1. The van der Waals surface area contributed by atoms with Crippen molar-refractivity contribution in [2.45, 2.75) is 6.92 Å². The number of carbonyl (C=O) groups is 1. The van der Waals surface area contributed by atoms with Crippen molar-refractivity contribution in [3.8, 4) is 5.75 Å². The molecule has 1 aromatic carbocycles. The number of carbonyl (C=O) groups excluding carboxylic acids is 1. The van der Waals surface area contributed by atoms with Crippen LogP contribution in [0, 0.1) is 6.92 Å². The van der Waals surface area contributed by atoms with Crippen LogP contribution in [-0.2, 0) is 4.74 Å². The molecule has 0 atom stereocenters. The van der Waals surface area contributed by atoms with Gasteiger partial charge in [0.05, 0.1) is 17.1 Å². The van der Waals surface area contributed by atoms with Gasteiger partial charge in [-0.3, -0.25) is 0 Å². The molecule has 5 heteroatoms. The number of ether oxygens (including phenoxy) is 2. The summed E-state index contributed by atoms with van der Waals surface area (Å²) in [6.45, 7) is 3.24. The van der Waals surface area contributed by atoms with Crippen LogP contribution in [0.2, 0.25) is 0 Å². The SMILES string of the molecule is COC(=O)c1cc(OCCN(C)C)c(Br)cc1C. The van der Waals surface area contributed by atoms with E-state index in [2.05, 4.69) is 15.9 Å². The fourth-order valence-corrected chi connectivity index (χ4v) is 2.00. The van der Waals surface area contributed by atoms with Gasteiger partial charge in [-0.2, -0.15) is 0 Å². The van der Waals surface area contributed by atoms with Crippen LogP contribution in [0.3, 0.4) is 0 Å². The molecular formula is C13H18BrNO3. The van der Waals surface area contributed by atoms with Gasteiger partial charge in [0.2, 0.25) is 0 Å². The Hall–Kier alpha value is -1.07. The molecule has 0 bridgehead atoms. The number of nitrogens with zero attached hydrogens (tertiary/aromatic N) is 1. The minimum atomic E-state index is -0.350. The van der Waals surface area contributed by atoms with E-state index in [9.17, 15) is 4.79 Å². The predicted octanol–water partition coefficient (Wildman–Crippen LogP) is 2.48. The molecule has 0 heterocycles. The molecule has 0 aliphatic rings. The van der Waals surface area contributed by atoms with Gasteiger partial charge < -0.3 is 14.4 Å². The van der Waals surface area contributed by atoms with Crippen molar-refractivity contribution in [3.05, 3.63) is 27.7 Å². The van der Waals surface area contributed by atoms with Gasteiger partial charge in [0.25, 0.3) is 0 Å². The van der Waals surface area contributed by atoms with Gasteiger partial charge in [-0.1, -0.05) is 0 Å². The lowest BCUT2D eigenvalue weighted by atomic mass is 10.1. The summed E-state index contributed by atoms with van der Waals surface area (Å²) in [4.78, 5) is 13.6. The predicted molar refractivity (Wildman–Crippen MR) is 74.3 cm³/mol. The summed E-state index contributed by atoms with van der Waals surface area (Å²) in [7, 11) is 5.33. The molecule has 1 rings (SSSR count). The van der Waals surface area contributed by atoms with Crippen LogP contribution in [-0.4, -0.2) is 45.2 Å². The summed E-state index contributed by atoms with van der Waals surface area (Å²) in [6.07, 6.45) is 0. The highest BCUT2D eigenvalue weighted by atomic mass is 79.9. The maximum absolute atomic E-state index is 11.6. The van der Waals surface area contributed by atoms with E-state index in [1.165, 1.54) is 7.11 Å². The third-order valence-corrected chi connectivity index (χ3v) is 3.10. The zero-order chi connectivity index (χ0) is 13.7. The number of rotatable bonds is 5. The zero-order valence-corrected chi connectivity index (χ0v) is 12.7. The molecule has 0 aliphatic heterocycles. The van der Waals surface area contributed by atoms with E-state index in [1.54, 1.807) is 6.07 Å². The first kappa shape index (κ1) is 15.0. The van der Waals surface area contributed by atoms with Crippen molar-refractivity contribution in [2.24, 2.45) is 0 Å². The number of hydrogen-bond donors (Lipinski definition) is 0. The fraction of sp³-hybridized carbons (Fsp3) is 0.462. The normalized spacial score (nSPS) is 10.6. The Balaban J connectivity index is 2.88. The van der Waals surface area contributed by atoms with Crippen LogP contribution in [0.4, 0.5) is 0 Å². The molecule has 0 saturated carbocycles. The van der Waals surface area contributed by atoms with Crippen LogP contribution in [0.15, 0.2) is 16.6 Å². The molecule has 1 aromatic rings. The van der Waals surface area contributed by atoms with Gasteiger partial charge in [0.1, 0.15) is 12.4 Å². The van der Waals surface area contributed by atoms with Gasteiger partial charge >= 0.3 is 5.97 Å². The van der Waals surface area contributed by atoms with Gasteiger partial charge in [0.15, 0.2) is 0 Å². The molecule has 0 unspecified atom stereocenters. The number of likely N-dealkylation sites (N-methyl/N-ethyl adjacent to an activating group) is 1. The van der Waals surface area contributed by atoms with Crippen LogP contribution in [0.1, 0.15) is 15.9 Å². The van der Waals surface area contributed by atoms with E-state index in [4.69, 9.17) is 9.47 Å². The van der Waals surface area contributed by atoms with Crippen LogP contribution < -0.4 is 4.74 Å². The van der Waals surface area contributed by atoms with Gasteiger partial charge in [-0.15, -0.1) is 0 Å². The Bertz CT molecular complexity index is 432. The molecule has 0 aliphatic carbocycles. The molecule has 0 radical (unpaired) electrons. The number of benzene rings is 1. The monoisotopic (exact) mass is 315 g/mol. The van der Waals surface area contributed by atoms with E-state index >= 15 is 0 Å². The van der Waals surface area contributed by atoms with Crippen molar-refractivity contribution in [1.29, 1.82) is 0 Å². The van der Waals surface area contributed by atoms with Crippen LogP contribution in [0.5, 0.6) is 5.75 Å². The molecule has 0 fully saturated rings. The van der Waals surface area contributed by atoms with E-state index in [0.717, 1.165) is 16.6 Å². The largest absolute Gasteiger partial charge is 0.491 e. The molecule has 0 amide bonds. The molecule has 0 aromatic heterocycles. The average molecular weight is 316 g/mol. The lowest BCUT2D eigenvalue weighted by Gasteiger charge is -2.14. The first-order valence-corrected chi connectivity index (χ1v) is 6.41. The van der Waals surface area contributed by atoms with Gasteiger partial charge in [-0.25, -0.2) is 4.79 Å². The van der Waals surface area contributed by atoms with E-state index < -0.39 is 0 Å². The summed E-state index contributed by atoms with van der Waals surface area (Å²) >= 11 is 3.43. The maximum atomic E-state index is 11.6. The number of hydrogen-bond acceptors (Lipinski definition) is 4. The van der Waals surface area contributed by atoms with Crippen molar-refractivity contribution in [1.82, 2.24) is 4.90 Å². The van der Waals surface area contributed by atoms with E-state index in [0.29, 0.717) is 17.9 Å². The third-order valence-electron chi connectivity index (χ3n) is 2.48. The summed E-state index contributed by atoms with van der Waals surface area (Å²) in [6, 6.07) is 3.57. The molecule has 0 N–H and O–H groups in total. The smallest absolute Gasteiger partial charge is 0.338 e. The Kier molecular flexibility index (Phi) is 5.62. The number of halogens is 1. The minimum absolute atomic E-state index is 0.350. The summed E-state index contributed by atoms with van der Waals surface area (Å²) in [5.74, 6) is 0.306. The minimum Gasteiger partial charge on any atom is -0.491 e. The van der Waals surface area contributed by atoms with Crippen molar-refractivity contribution in [2.75, 3.05) is 34.4 Å². The van der Waals surface area contributed by atoms with Crippen molar-refractivity contribution >= 4 is 21.9 Å². The lowest BCUT2D eigenvalue weighted by Crippen LogP contribution is -2.19. The van der Waals surface area contributed by atoms with E-state index in [1.807, 2.05) is 32.0 Å². The summed E-state index contributed by atoms with van der Waals surface area (Å²) in [5.41, 5.74) is 1.38. The lowest BCUT2D eigenvalue weighted by molar-refractivity contribution is 0.0599. The number of esters is 1. The van der Waals surface area contributed by atoms with Gasteiger partial charge in [0, 0.05) is 6.54 Å². The van der Waals surface area contributed by atoms with Gasteiger partial charge in [-0.05, 0) is 54.6 Å². The molecule has 4 nitrogen and oxygen atoms in total. The maximum Gasteiger partial charge on any atom is 0.338 e. The average Bonchev–Trinajstić information content (AvgIpc) is 2.30. The third kappa shape index (κ3) is 3.99. The summed E-state index contributed by atoms with van der Waals surface area (Å²) in [5, 5.41) is 0. The highest BCUT2D eigenvalue weighted by Gasteiger charge is 2.13. The van der Waals surface area contributed by atoms with Crippen LogP contribution >= 0.6 is 15.9 Å². The van der Waals surface area contributed by atoms with E-state index in [-0.39, 0.29) is 5.97 Å². The molecular weight excluding hydrogens is 298 g/mol. The Morgan fingerprint density at radius 3 is 2.61 bits per heavy atom. The van der Waals surface area contributed by atoms with Crippen molar-refractivity contribution in [3.63, 3.8) is 0 Å². The Morgan fingerprint density at radius 1 is 1.39 bits per heavy atom.